The fourth-order valence-corrected chi connectivity index (χ4v) is 3.38. The molecule has 144 valence electrons. The van der Waals surface area contributed by atoms with Crippen LogP contribution in [0.3, 0.4) is 0 Å². The second-order valence-corrected chi connectivity index (χ2v) is 8.01. The quantitative estimate of drug-likeness (QED) is 0.693. The summed E-state index contributed by atoms with van der Waals surface area (Å²) in [5.74, 6) is 0. The van der Waals surface area contributed by atoms with Gasteiger partial charge in [0.25, 0.3) is 0 Å². The van der Waals surface area contributed by atoms with Crippen LogP contribution in [0.4, 0.5) is 4.79 Å². The van der Waals surface area contributed by atoms with Crippen molar-refractivity contribution in [3.63, 3.8) is 0 Å². The molecule has 0 bridgehead atoms. The predicted octanol–water partition coefficient (Wildman–Crippen LogP) is 2.45. The molecule has 0 N–H and O–H groups in total. The van der Waals surface area contributed by atoms with Crippen molar-refractivity contribution in [1.29, 1.82) is 5.26 Å². The number of hydrogen-bond acceptors (Lipinski definition) is 6. The van der Waals surface area contributed by atoms with Gasteiger partial charge in [-0.05, 0) is 32.9 Å². The van der Waals surface area contributed by atoms with E-state index < -0.39 is 11.1 Å². The maximum Gasteiger partial charge on any atom is 0.410 e. The first-order chi connectivity index (χ1) is 13.3. The molecule has 0 radical (unpaired) electrons. The van der Waals surface area contributed by atoms with Crippen LogP contribution < -0.4 is 0 Å². The minimum atomic E-state index is -0.556. The first kappa shape index (κ1) is 18.0. The Morgan fingerprint density at radius 1 is 1.32 bits per heavy atom. The lowest BCUT2D eigenvalue weighted by Crippen LogP contribution is -2.64. The summed E-state index contributed by atoms with van der Waals surface area (Å²) in [4.78, 5) is 18.1. The Kier molecular flexibility index (Phi) is 4.07. The highest BCUT2D eigenvalue weighted by Crippen LogP contribution is 2.34. The van der Waals surface area contributed by atoms with Crippen LogP contribution in [0.2, 0.25) is 0 Å². The van der Waals surface area contributed by atoms with E-state index in [1.54, 1.807) is 20.3 Å². The number of ether oxygens (including phenoxy) is 1. The maximum absolute atomic E-state index is 12.3. The molecule has 0 aliphatic carbocycles. The molecule has 4 heterocycles. The predicted molar refractivity (Wildman–Crippen MR) is 100 cm³/mol. The molecule has 1 saturated heterocycles. The van der Waals surface area contributed by atoms with E-state index in [1.807, 2.05) is 45.2 Å². The number of pyridine rings is 1. The lowest BCUT2D eigenvalue weighted by Gasteiger charge is -2.48. The number of aromatic nitrogens is 5. The second kappa shape index (κ2) is 6.34. The molecule has 9 nitrogen and oxygen atoms in total. The van der Waals surface area contributed by atoms with Crippen LogP contribution in [-0.2, 0) is 10.3 Å². The Balaban J connectivity index is 1.59. The van der Waals surface area contributed by atoms with Gasteiger partial charge in [0.1, 0.15) is 17.5 Å². The topological polar surface area (TPSA) is 101 Å². The van der Waals surface area contributed by atoms with E-state index in [9.17, 15) is 10.1 Å². The summed E-state index contributed by atoms with van der Waals surface area (Å²) >= 11 is 0. The highest BCUT2D eigenvalue weighted by molar-refractivity contribution is 5.69. The third-order valence-corrected chi connectivity index (χ3v) is 4.70. The minimum absolute atomic E-state index is 0.251. The number of hydrogen-bond donors (Lipinski definition) is 0. The first-order valence-corrected chi connectivity index (χ1v) is 9.00. The number of nitriles is 1. The van der Waals surface area contributed by atoms with E-state index >= 15 is 0 Å². The average molecular weight is 379 g/mol. The van der Waals surface area contributed by atoms with Gasteiger partial charge in [-0.1, -0.05) is 6.07 Å². The largest absolute Gasteiger partial charge is 0.444 e. The summed E-state index contributed by atoms with van der Waals surface area (Å²) in [6.45, 7) is 6.25. The van der Waals surface area contributed by atoms with Crippen molar-refractivity contribution in [1.82, 2.24) is 29.3 Å². The number of nitrogens with zero attached hydrogens (tertiary/aromatic N) is 7. The van der Waals surface area contributed by atoms with Crippen LogP contribution in [0, 0.1) is 11.3 Å². The second-order valence-electron chi connectivity index (χ2n) is 8.01. The van der Waals surface area contributed by atoms with Gasteiger partial charge in [0.15, 0.2) is 5.65 Å². The van der Waals surface area contributed by atoms with Gasteiger partial charge in [0.05, 0.1) is 37.5 Å². The summed E-state index contributed by atoms with van der Waals surface area (Å²) < 4.78 is 8.94. The Morgan fingerprint density at radius 3 is 2.82 bits per heavy atom. The molecule has 0 atom stereocenters. The molecule has 1 aliphatic heterocycles. The third-order valence-electron chi connectivity index (χ3n) is 4.70. The van der Waals surface area contributed by atoms with Crippen LogP contribution in [-0.4, -0.2) is 54.1 Å². The van der Waals surface area contributed by atoms with Crippen molar-refractivity contribution >= 4 is 11.7 Å². The molecule has 0 spiro atoms. The van der Waals surface area contributed by atoms with Gasteiger partial charge in [-0.2, -0.15) is 15.5 Å². The standard InChI is InChI=1S/C19H21N7O2/c1-18(2,3)28-17(27)24-11-19(12-24,7-8-20)25-10-14(9-22-25)15-5-4-6-16-21-13-23-26(15)16/h4-6,9-10,13H,7,11-12H2,1-3H3. The van der Waals surface area contributed by atoms with E-state index in [1.165, 1.54) is 6.33 Å². The molecule has 4 rings (SSSR count). The number of fused-ring (bicyclic) bond motifs is 1. The Hall–Kier alpha value is -3.41. The van der Waals surface area contributed by atoms with Gasteiger partial charge in [-0.3, -0.25) is 4.68 Å². The van der Waals surface area contributed by atoms with Crippen molar-refractivity contribution < 1.29 is 9.53 Å². The number of rotatable bonds is 3. The third kappa shape index (κ3) is 3.07. The molecule has 28 heavy (non-hydrogen) atoms. The van der Waals surface area contributed by atoms with Gasteiger partial charge in [0, 0.05) is 11.8 Å². The highest BCUT2D eigenvalue weighted by atomic mass is 16.6. The van der Waals surface area contributed by atoms with Crippen molar-refractivity contribution in [3.05, 3.63) is 36.9 Å². The number of carbonyl (C=O) groups excluding carboxylic acids is 1. The van der Waals surface area contributed by atoms with Crippen molar-refractivity contribution in [2.45, 2.75) is 38.3 Å². The Morgan fingerprint density at radius 2 is 2.11 bits per heavy atom. The maximum atomic E-state index is 12.3. The molecule has 1 aliphatic rings. The molecular weight excluding hydrogens is 358 g/mol. The minimum Gasteiger partial charge on any atom is -0.444 e. The molecule has 0 saturated carbocycles. The van der Waals surface area contributed by atoms with E-state index in [0.717, 1.165) is 16.9 Å². The SMILES string of the molecule is CC(C)(C)OC(=O)N1CC(CC#N)(n2cc(-c3cccc4ncnn34)cn2)C1. The molecular formula is C19H21N7O2. The van der Waals surface area contributed by atoms with E-state index in [4.69, 9.17) is 4.74 Å². The molecule has 3 aromatic heterocycles. The first-order valence-electron chi connectivity index (χ1n) is 9.00. The zero-order valence-electron chi connectivity index (χ0n) is 16.0. The normalized spacial score (nSPS) is 15.9. The van der Waals surface area contributed by atoms with Crippen LogP contribution in [0.5, 0.6) is 0 Å². The van der Waals surface area contributed by atoms with Crippen LogP contribution in [0.1, 0.15) is 27.2 Å². The molecule has 3 aromatic rings. The van der Waals surface area contributed by atoms with Crippen molar-refractivity contribution in [3.8, 4) is 17.3 Å². The molecule has 9 heteroatoms. The lowest BCUT2D eigenvalue weighted by molar-refractivity contribution is -0.0314. The lowest BCUT2D eigenvalue weighted by atomic mass is 9.87. The Labute approximate surface area is 162 Å². The fraction of sp³-hybridized carbons (Fsp3) is 0.421. The summed E-state index contributed by atoms with van der Waals surface area (Å²) in [6, 6.07) is 7.95. The molecule has 1 amide bonds. The fourth-order valence-electron chi connectivity index (χ4n) is 3.38. The van der Waals surface area contributed by atoms with Crippen LogP contribution in [0.25, 0.3) is 16.9 Å². The summed E-state index contributed by atoms with van der Waals surface area (Å²) in [5, 5.41) is 18.1. The van der Waals surface area contributed by atoms with E-state index in [2.05, 4.69) is 21.3 Å². The van der Waals surface area contributed by atoms with Gasteiger partial charge in [-0.25, -0.2) is 14.3 Å². The highest BCUT2D eigenvalue weighted by Gasteiger charge is 2.48. The van der Waals surface area contributed by atoms with E-state index in [0.29, 0.717) is 13.1 Å². The van der Waals surface area contributed by atoms with Crippen LogP contribution >= 0.6 is 0 Å². The molecule has 1 fully saturated rings. The van der Waals surface area contributed by atoms with Crippen molar-refractivity contribution in [2.75, 3.05) is 13.1 Å². The summed E-state index contributed by atoms with van der Waals surface area (Å²) in [5.41, 5.74) is 1.36. The summed E-state index contributed by atoms with van der Waals surface area (Å²) in [6.07, 6.45) is 5.01. The zero-order valence-corrected chi connectivity index (χ0v) is 16.0. The van der Waals surface area contributed by atoms with E-state index in [-0.39, 0.29) is 12.5 Å². The Bertz CT molecular complexity index is 1060. The van der Waals surface area contributed by atoms with Gasteiger partial charge >= 0.3 is 6.09 Å². The number of likely N-dealkylation sites (tertiary alicyclic amines) is 1. The smallest absolute Gasteiger partial charge is 0.410 e. The van der Waals surface area contributed by atoms with Gasteiger partial charge < -0.3 is 9.64 Å². The van der Waals surface area contributed by atoms with Gasteiger partial charge in [0.2, 0.25) is 0 Å². The number of amides is 1. The van der Waals surface area contributed by atoms with Gasteiger partial charge in [-0.15, -0.1) is 0 Å². The summed E-state index contributed by atoms with van der Waals surface area (Å²) in [7, 11) is 0. The zero-order chi connectivity index (χ0) is 19.9. The average Bonchev–Trinajstić information content (AvgIpc) is 3.24. The van der Waals surface area contributed by atoms with Crippen molar-refractivity contribution in [2.24, 2.45) is 0 Å². The molecule has 0 aromatic carbocycles. The van der Waals surface area contributed by atoms with Crippen LogP contribution in [0.15, 0.2) is 36.9 Å². The molecule has 0 unspecified atom stereocenters. The monoisotopic (exact) mass is 379 g/mol. The number of carbonyl (C=O) groups is 1.